The van der Waals surface area contributed by atoms with Gasteiger partial charge in [0, 0.05) is 11.9 Å². The van der Waals surface area contributed by atoms with Crippen LogP contribution in [-0.4, -0.2) is 32.1 Å². The molecule has 2 rings (SSSR count). The van der Waals surface area contributed by atoms with Crippen molar-refractivity contribution in [2.24, 2.45) is 0 Å². The molecule has 0 saturated heterocycles. The van der Waals surface area contributed by atoms with Gasteiger partial charge in [-0.15, -0.1) is 0 Å². The molecule has 0 aliphatic heterocycles. The summed E-state index contributed by atoms with van der Waals surface area (Å²) in [6, 6.07) is 1.65. The van der Waals surface area contributed by atoms with Crippen LogP contribution < -0.4 is 0 Å². The van der Waals surface area contributed by atoms with E-state index in [4.69, 9.17) is 5.11 Å². The third-order valence-electron chi connectivity index (χ3n) is 3.09. The minimum absolute atomic E-state index is 0.0385. The zero-order valence-electron chi connectivity index (χ0n) is 9.04. The summed E-state index contributed by atoms with van der Waals surface area (Å²) >= 11 is 0. The number of carboxylic acid groups (broad SMARTS) is 1. The lowest BCUT2D eigenvalue weighted by Crippen LogP contribution is -2.29. The number of aliphatic hydroxyl groups excluding tert-OH is 1. The van der Waals surface area contributed by atoms with Crippen LogP contribution in [0.2, 0.25) is 0 Å². The fraction of sp³-hybridized carbons (Fsp3) is 0.636. The molecule has 5 nitrogen and oxygen atoms in total. The Labute approximate surface area is 93.7 Å². The molecule has 5 heteroatoms. The number of nitrogens with zero attached hydrogens (tertiary/aromatic N) is 2. The number of aliphatic hydroxyl groups is 1. The Morgan fingerprint density at radius 3 is 2.94 bits per heavy atom. The maximum atomic E-state index is 10.7. The smallest absolute Gasteiger partial charge is 0.309 e. The zero-order chi connectivity index (χ0) is 11.5. The molecule has 0 spiro atoms. The normalized spacial score (nSPS) is 25.6. The Kier molecular flexibility index (Phi) is 3.24. The molecule has 0 aromatic carbocycles. The van der Waals surface area contributed by atoms with Crippen molar-refractivity contribution < 1.29 is 15.0 Å². The Morgan fingerprint density at radius 2 is 2.25 bits per heavy atom. The summed E-state index contributed by atoms with van der Waals surface area (Å²) in [6.07, 6.45) is 4.90. The second-order valence-corrected chi connectivity index (χ2v) is 4.26. The van der Waals surface area contributed by atoms with E-state index in [0.29, 0.717) is 5.69 Å². The maximum absolute atomic E-state index is 10.7. The van der Waals surface area contributed by atoms with Gasteiger partial charge in [-0.05, 0) is 18.9 Å². The van der Waals surface area contributed by atoms with Crippen LogP contribution in [0.3, 0.4) is 0 Å². The standard InChI is InChI=1S/C11H16N2O3/c14-10-4-2-1-3-9(10)13-8(5-6-12-13)7-11(15)16/h5-6,9-10,14H,1-4,7H2,(H,15,16). The summed E-state index contributed by atoms with van der Waals surface area (Å²) < 4.78 is 1.68. The molecule has 0 amide bonds. The highest BCUT2D eigenvalue weighted by Gasteiger charge is 2.26. The van der Waals surface area contributed by atoms with Gasteiger partial charge in [-0.3, -0.25) is 9.48 Å². The van der Waals surface area contributed by atoms with E-state index in [-0.39, 0.29) is 12.5 Å². The highest BCUT2D eigenvalue weighted by Crippen LogP contribution is 2.29. The molecular weight excluding hydrogens is 208 g/mol. The molecule has 0 radical (unpaired) electrons. The number of hydrogen-bond acceptors (Lipinski definition) is 3. The SMILES string of the molecule is O=C(O)Cc1ccnn1C1CCCCC1O. The van der Waals surface area contributed by atoms with Gasteiger partial charge in [-0.2, -0.15) is 5.10 Å². The molecule has 1 aliphatic rings. The summed E-state index contributed by atoms with van der Waals surface area (Å²) in [6.45, 7) is 0. The molecule has 1 aromatic heterocycles. The average molecular weight is 224 g/mol. The summed E-state index contributed by atoms with van der Waals surface area (Å²) in [7, 11) is 0. The van der Waals surface area contributed by atoms with E-state index in [0.717, 1.165) is 25.7 Å². The van der Waals surface area contributed by atoms with Crippen LogP contribution in [-0.2, 0) is 11.2 Å². The van der Waals surface area contributed by atoms with Gasteiger partial charge < -0.3 is 10.2 Å². The van der Waals surface area contributed by atoms with Crippen molar-refractivity contribution >= 4 is 5.97 Å². The van der Waals surface area contributed by atoms with Gasteiger partial charge >= 0.3 is 5.97 Å². The number of hydrogen-bond donors (Lipinski definition) is 2. The number of carboxylic acids is 1. The Bertz CT molecular complexity index is 375. The van der Waals surface area contributed by atoms with Gasteiger partial charge in [-0.1, -0.05) is 12.8 Å². The lowest BCUT2D eigenvalue weighted by atomic mass is 9.92. The molecular formula is C11H16N2O3. The Balaban J connectivity index is 2.18. The van der Waals surface area contributed by atoms with Crippen LogP contribution in [0.15, 0.2) is 12.3 Å². The van der Waals surface area contributed by atoms with E-state index in [1.165, 1.54) is 0 Å². The number of aromatic nitrogens is 2. The monoisotopic (exact) mass is 224 g/mol. The summed E-state index contributed by atoms with van der Waals surface area (Å²) in [4.78, 5) is 10.7. The summed E-state index contributed by atoms with van der Waals surface area (Å²) in [5.74, 6) is -0.868. The fourth-order valence-corrected chi connectivity index (χ4v) is 2.31. The minimum Gasteiger partial charge on any atom is -0.481 e. The predicted octanol–water partition coefficient (Wildman–Crippen LogP) is 0.986. The lowest BCUT2D eigenvalue weighted by molar-refractivity contribution is -0.136. The molecule has 88 valence electrons. The molecule has 1 heterocycles. The van der Waals surface area contributed by atoms with Gasteiger partial charge in [0.15, 0.2) is 0 Å². The van der Waals surface area contributed by atoms with Gasteiger partial charge in [0.2, 0.25) is 0 Å². The van der Waals surface area contributed by atoms with Crippen molar-refractivity contribution in [3.05, 3.63) is 18.0 Å². The van der Waals surface area contributed by atoms with Gasteiger partial charge in [0.25, 0.3) is 0 Å². The van der Waals surface area contributed by atoms with Crippen molar-refractivity contribution in [2.75, 3.05) is 0 Å². The molecule has 16 heavy (non-hydrogen) atoms. The highest BCUT2D eigenvalue weighted by atomic mass is 16.4. The van der Waals surface area contributed by atoms with E-state index in [9.17, 15) is 9.90 Å². The molecule has 2 unspecified atom stereocenters. The first-order chi connectivity index (χ1) is 7.68. The molecule has 2 atom stereocenters. The molecule has 0 bridgehead atoms. The second kappa shape index (κ2) is 4.65. The molecule has 2 N–H and O–H groups in total. The van der Waals surface area contributed by atoms with Crippen molar-refractivity contribution in [2.45, 2.75) is 44.2 Å². The molecule has 1 aromatic rings. The van der Waals surface area contributed by atoms with Crippen LogP contribution in [0.5, 0.6) is 0 Å². The van der Waals surface area contributed by atoms with Crippen LogP contribution in [0, 0.1) is 0 Å². The molecule has 1 fully saturated rings. The second-order valence-electron chi connectivity index (χ2n) is 4.26. The first kappa shape index (κ1) is 11.1. The van der Waals surface area contributed by atoms with E-state index in [1.807, 2.05) is 0 Å². The average Bonchev–Trinajstić information content (AvgIpc) is 2.66. The Morgan fingerprint density at radius 1 is 1.50 bits per heavy atom. The third-order valence-corrected chi connectivity index (χ3v) is 3.09. The van der Waals surface area contributed by atoms with Crippen LogP contribution in [0.1, 0.15) is 37.4 Å². The first-order valence-corrected chi connectivity index (χ1v) is 5.60. The third kappa shape index (κ3) is 2.24. The van der Waals surface area contributed by atoms with Crippen LogP contribution in [0.25, 0.3) is 0 Å². The van der Waals surface area contributed by atoms with Gasteiger partial charge in [-0.25, -0.2) is 0 Å². The Hall–Kier alpha value is -1.36. The number of rotatable bonds is 3. The zero-order valence-corrected chi connectivity index (χ0v) is 9.04. The van der Waals surface area contributed by atoms with Gasteiger partial charge in [0.05, 0.1) is 18.6 Å². The first-order valence-electron chi connectivity index (χ1n) is 5.60. The quantitative estimate of drug-likeness (QED) is 0.802. The van der Waals surface area contributed by atoms with E-state index >= 15 is 0 Å². The highest BCUT2D eigenvalue weighted by molar-refractivity contribution is 5.69. The van der Waals surface area contributed by atoms with Crippen LogP contribution in [0.4, 0.5) is 0 Å². The topological polar surface area (TPSA) is 75.3 Å². The van der Waals surface area contributed by atoms with Crippen LogP contribution >= 0.6 is 0 Å². The summed E-state index contributed by atoms with van der Waals surface area (Å²) in [5.41, 5.74) is 0.665. The van der Waals surface area contributed by atoms with Crippen molar-refractivity contribution in [1.82, 2.24) is 9.78 Å². The van der Waals surface area contributed by atoms with E-state index in [1.54, 1.807) is 16.9 Å². The van der Waals surface area contributed by atoms with Gasteiger partial charge in [0.1, 0.15) is 0 Å². The predicted molar refractivity (Wildman–Crippen MR) is 57.1 cm³/mol. The van der Waals surface area contributed by atoms with Crippen molar-refractivity contribution in [3.63, 3.8) is 0 Å². The minimum atomic E-state index is -0.868. The van der Waals surface area contributed by atoms with E-state index < -0.39 is 12.1 Å². The lowest BCUT2D eigenvalue weighted by Gasteiger charge is -2.29. The molecule has 1 saturated carbocycles. The maximum Gasteiger partial charge on any atom is 0.309 e. The number of aliphatic carboxylic acids is 1. The molecule has 1 aliphatic carbocycles. The fourth-order valence-electron chi connectivity index (χ4n) is 2.31. The largest absolute Gasteiger partial charge is 0.481 e. The summed E-state index contributed by atoms with van der Waals surface area (Å²) in [5, 5.41) is 22.8. The van der Waals surface area contributed by atoms with Crippen molar-refractivity contribution in [1.29, 1.82) is 0 Å². The number of carbonyl (C=O) groups is 1. The van der Waals surface area contributed by atoms with E-state index in [2.05, 4.69) is 5.10 Å². The van der Waals surface area contributed by atoms with Crippen molar-refractivity contribution in [3.8, 4) is 0 Å².